The van der Waals surface area contributed by atoms with Crippen molar-refractivity contribution in [3.8, 4) is 0 Å². The van der Waals surface area contributed by atoms with Gasteiger partial charge in [-0.05, 0) is 25.8 Å². The Kier molecular flexibility index (Phi) is 3.52. The minimum Gasteiger partial charge on any atom is -0.388 e. The summed E-state index contributed by atoms with van der Waals surface area (Å²) in [6, 6.07) is 2.06. The molecule has 0 aliphatic heterocycles. The van der Waals surface area contributed by atoms with Gasteiger partial charge in [0.25, 0.3) is 0 Å². The van der Waals surface area contributed by atoms with Gasteiger partial charge in [0, 0.05) is 11.4 Å². The quantitative estimate of drug-likeness (QED) is 0.810. The van der Waals surface area contributed by atoms with E-state index in [0.29, 0.717) is 6.54 Å². The molecule has 0 unspecified atom stereocenters. The number of hydrogen-bond acceptors (Lipinski definition) is 6. The van der Waals surface area contributed by atoms with Gasteiger partial charge in [-0.3, -0.25) is 0 Å². The zero-order valence-electron chi connectivity index (χ0n) is 11.6. The van der Waals surface area contributed by atoms with Crippen molar-refractivity contribution >= 4 is 33.3 Å². The molecule has 20 heavy (non-hydrogen) atoms. The number of aromatic nitrogens is 2. The second-order valence-electron chi connectivity index (χ2n) is 5.64. The van der Waals surface area contributed by atoms with E-state index in [2.05, 4.69) is 21.4 Å². The van der Waals surface area contributed by atoms with Crippen LogP contribution in [0.5, 0.6) is 0 Å². The van der Waals surface area contributed by atoms with E-state index in [4.69, 9.17) is 5.73 Å². The third-order valence-corrected chi connectivity index (χ3v) is 4.85. The van der Waals surface area contributed by atoms with Crippen molar-refractivity contribution in [1.82, 2.24) is 9.97 Å². The molecule has 0 spiro atoms. The molecule has 108 valence electrons. The second-order valence-corrected chi connectivity index (χ2v) is 6.88. The van der Waals surface area contributed by atoms with Crippen LogP contribution in [0.25, 0.3) is 10.2 Å². The number of rotatable bonds is 3. The van der Waals surface area contributed by atoms with Crippen LogP contribution in [-0.2, 0) is 0 Å². The zero-order chi connectivity index (χ0) is 14.2. The summed E-state index contributed by atoms with van der Waals surface area (Å²) in [4.78, 5) is 10.6. The van der Waals surface area contributed by atoms with E-state index in [1.165, 1.54) is 11.3 Å². The van der Waals surface area contributed by atoms with Gasteiger partial charge in [-0.1, -0.05) is 19.3 Å². The van der Waals surface area contributed by atoms with Crippen LogP contribution in [0.1, 0.15) is 37.0 Å². The Morgan fingerprint density at radius 1 is 1.35 bits per heavy atom. The van der Waals surface area contributed by atoms with Crippen LogP contribution < -0.4 is 11.1 Å². The summed E-state index contributed by atoms with van der Waals surface area (Å²) in [5.74, 6) is 1.01. The Labute approximate surface area is 122 Å². The lowest BCUT2D eigenvalue weighted by molar-refractivity contribution is 0.0167. The monoisotopic (exact) mass is 292 g/mol. The van der Waals surface area contributed by atoms with Crippen molar-refractivity contribution in [2.45, 2.75) is 44.6 Å². The van der Waals surface area contributed by atoms with Gasteiger partial charge in [0.15, 0.2) is 0 Å². The average molecular weight is 292 g/mol. The maximum atomic E-state index is 10.5. The van der Waals surface area contributed by atoms with Crippen LogP contribution in [0, 0.1) is 6.92 Å². The van der Waals surface area contributed by atoms with Gasteiger partial charge in [-0.15, -0.1) is 11.3 Å². The molecule has 4 N–H and O–H groups in total. The molecule has 0 aromatic carbocycles. The lowest BCUT2D eigenvalue weighted by Crippen LogP contribution is -2.39. The van der Waals surface area contributed by atoms with Crippen molar-refractivity contribution in [3.05, 3.63) is 10.9 Å². The van der Waals surface area contributed by atoms with Crippen LogP contribution in [0.2, 0.25) is 0 Å². The van der Waals surface area contributed by atoms with E-state index in [1.807, 2.05) is 6.92 Å². The van der Waals surface area contributed by atoms with E-state index < -0.39 is 5.60 Å². The highest BCUT2D eigenvalue weighted by molar-refractivity contribution is 7.18. The molecule has 2 aromatic heterocycles. The fourth-order valence-corrected chi connectivity index (χ4v) is 3.71. The van der Waals surface area contributed by atoms with Crippen LogP contribution >= 0.6 is 11.3 Å². The third kappa shape index (κ3) is 2.71. The van der Waals surface area contributed by atoms with Gasteiger partial charge >= 0.3 is 0 Å². The molecule has 0 bridgehead atoms. The Morgan fingerprint density at radius 3 is 2.85 bits per heavy atom. The summed E-state index contributed by atoms with van der Waals surface area (Å²) in [7, 11) is 0. The van der Waals surface area contributed by atoms with Crippen molar-refractivity contribution in [3.63, 3.8) is 0 Å². The molecule has 1 fully saturated rings. The molecule has 2 heterocycles. The summed E-state index contributed by atoms with van der Waals surface area (Å²) in [6.45, 7) is 2.56. The van der Waals surface area contributed by atoms with Crippen LogP contribution in [-0.4, -0.2) is 27.2 Å². The van der Waals surface area contributed by atoms with E-state index in [-0.39, 0.29) is 5.95 Å². The van der Waals surface area contributed by atoms with Crippen LogP contribution in [0.4, 0.5) is 11.8 Å². The number of nitrogens with one attached hydrogen (secondary N) is 1. The predicted molar refractivity (Wildman–Crippen MR) is 83.1 cm³/mol. The van der Waals surface area contributed by atoms with E-state index >= 15 is 0 Å². The molecule has 0 saturated heterocycles. The van der Waals surface area contributed by atoms with E-state index in [9.17, 15) is 5.11 Å². The van der Waals surface area contributed by atoms with Gasteiger partial charge in [-0.25, -0.2) is 4.98 Å². The molecule has 3 rings (SSSR count). The zero-order valence-corrected chi connectivity index (χ0v) is 12.5. The average Bonchev–Trinajstić information content (AvgIpc) is 2.77. The lowest BCUT2D eigenvalue weighted by Gasteiger charge is -2.32. The number of anilines is 2. The first-order valence-corrected chi connectivity index (χ1v) is 7.87. The highest BCUT2D eigenvalue weighted by Crippen LogP contribution is 2.31. The number of nitrogens with zero attached hydrogens (tertiary/aromatic N) is 2. The van der Waals surface area contributed by atoms with Crippen molar-refractivity contribution in [2.24, 2.45) is 0 Å². The first-order valence-electron chi connectivity index (χ1n) is 7.06. The fraction of sp³-hybridized carbons (Fsp3) is 0.571. The summed E-state index contributed by atoms with van der Waals surface area (Å²) >= 11 is 1.61. The summed E-state index contributed by atoms with van der Waals surface area (Å²) in [5.41, 5.74) is 5.14. The minimum atomic E-state index is -0.616. The molecule has 1 aliphatic carbocycles. The number of aryl methyl sites for hydroxylation is 1. The topological polar surface area (TPSA) is 84.1 Å². The smallest absolute Gasteiger partial charge is 0.223 e. The first kappa shape index (κ1) is 13.6. The Bertz CT molecular complexity index is 619. The summed E-state index contributed by atoms with van der Waals surface area (Å²) in [5, 5.41) is 14.8. The molecule has 2 aromatic rings. The molecule has 5 nitrogen and oxygen atoms in total. The number of hydrogen-bond donors (Lipinski definition) is 3. The highest BCUT2D eigenvalue weighted by atomic mass is 32.1. The number of nitrogens with two attached hydrogens (primary N) is 1. The predicted octanol–water partition coefficient (Wildman–Crippen LogP) is 2.69. The molecule has 0 radical (unpaired) electrons. The lowest BCUT2D eigenvalue weighted by atomic mass is 9.85. The summed E-state index contributed by atoms with van der Waals surface area (Å²) < 4.78 is 0. The van der Waals surface area contributed by atoms with Crippen LogP contribution in [0.15, 0.2) is 6.07 Å². The Hall–Kier alpha value is -1.40. The fourth-order valence-electron chi connectivity index (χ4n) is 2.83. The van der Waals surface area contributed by atoms with Crippen molar-refractivity contribution in [1.29, 1.82) is 0 Å². The molecule has 1 saturated carbocycles. The van der Waals surface area contributed by atoms with Crippen molar-refractivity contribution < 1.29 is 5.11 Å². The molecular weight excluding hydrogens is 272 g/mol. The molecular formula is C14H20N4OS. The molecule has 0 amide bonds. The molecule has 1 aliphatic rings. The SMILES string of the molecule is Cc1cc2c(NCC3(O)CCCCC3)nc(N)nc2s1. The van der Waals surface area contributed by atoms with E-state index in [1.54, 1.807) is 11.3 Å². The number of fused-ring (bicyclic) bond motifs is 1. The standard InChI is InChI=1S/C14H20N4OS/c1-9-7-10-11(17-13(15)18-12(10)20-9)16-8-14(19)5-3-2-4-6-14/h7,19H,2-6,8H2,1H3,(H3,15,16,17,18). The molecule has 6 heteroatoms. The van der Waals surface area contributed by atoms with Gasteiger partial charge < -0.3 is 16.2 Å². The van der Waals surface area contributed by atoms with Gasteiger partial charge in [-0.2, -0.15) is 4.98 Å². The number of nitrogen functional groups attached to an aromatic ring is 1. The minimum absolute atomic E-state index is 0.275. The Morgan fingerprint density at radius 2 is 2.10 bits per heavy atom. The maximum Gasteiger partial charge on any atom is 0.223 e. The highest BCUT2D eigenvalue weighted by Gasteiger charge is 2.29. The summed E-state index contributed by atoms with van der Waals surface area (Å²) in [6.07, 6.45) is 5.11. The van der Waals surface area contributed by atoms with E-state index in [0.717, 1.165) is 41.7 Å². The number of thiophene rings is 1. The van der Waals surface area contributed by atoms with Gasteiger partial charge in [0.05, 0.1) is 11.0 Å². The van der Waals surface area contributed by atoms with Crippen LogP contribution in [0.3, 0.4) is 0 Å². The molecule has 0 atom stereocenters. The number of aliphatic hydroxyl groups is 1. The first-order chi connectivity index (χ1) is 9.56. The van der Waals surface area contributed by atoms with Gasteiger partial charge in [0.1, 0.15) is 10.6 Å². The van der Waals surface area contributed by atoms with Gasteiger partial charge in [0.2, 0.25) is 5.95 Å². The maximum absolute atomic E-state index is 10.5. The van der Waals surface area contributed by atoms with Crippen molar-refractivity contribution in [2.75, 3.05) is 17.6 Å². The Balaban J connectivity index is 1.83. The normalized spacial score (nSPS) is 18.3. The largest absolute Gasteiger partial charge is 0.388 e. The third-order valence-electron chi connectivity index (χ3n) is 3.90. The second kappa shape index (κ2) is 5.18.